The summed E-state index contributed by atoms with van der Waals surface area (Å²) in [5.41, 5.74) is 5.89. The van der Waals surface area contributed by atoms with Gasteiger partial charge in [0.2, 0.25) is 10.0 Å². The molecule has 0 fully saturated rings. The fourth-order valence-corrected chi connectivity index (χ4v) is 2.71. The minimum atomic E-state index is -3.34. The van der Waals surface area contributed by atoms with Crippen LogP contribution in [0.4, 0.5) is 11.5 Å². The summed E-state index contributed by atoms with van der Waals surface area (Å²) >= 11 is 0. The first kappa shape index (κ1) is 11.8. The first-order valence-corrected chi connectivity index (χ1v) is 6.25. The molecule has 1 aromatic heterocycles. The van der Waals surface area contributed by atoms with Crippen LogP contribution in [0.1, 0.15) is 13.8 Å². The standard InChI is InChI=1S/C8H16N4O2S/c1-6(2)5-15(13,14)11-8-7(9)4-10-12(8)3/h4,6,11H,5,9H2,1-3H3. The molecule has 1 rings (SSSR count). The number of nitrogens with one attached hydrogen (secondary N) is 1. The molecule has 0 unspecified atom stereocenters. The van der Waals surface area contributed by atoms with Crippen LogP contribution >= 0.6 is 0 Å². The van der Waals surface area contributed by atoms with Crippen LogP contribution in [0.25, 0.3) is 0 Å². The van der Waals surface area contributed by atoms with Gasteiger partial charge in [0.25, 0.3) is 0 Å². The molecule has 3 N–H and O–H groups in total. The second-order valence-corrected chi connectivity index (χ2v) is 5.62. The van der Waals surface area contributed by atoms with Gasteiger partial charge in [-0.05, 0) is 5.92 Å². The predicted octanol–water partition coefficient (Wildman–Crippen LogP) is 0.400. The van der Waals surface area contributed by atoms with Crippen molar-refractivity contribution in [1.29, 1.82) is 0 Å². The van der Waals surface area contributed by atoms with Gasteiger partial charge in [-0.15, -0.1) is 0 Å². The normalized spacial score (nSPS) is 12.0. The summed E-state index contributed by atoms with van der Waals surface area (Å²) in [6.45, 7) is 3.68. The van der Waals surface area contributed by atoms with Crippen LogP contribution < -0.4 is 10.5 Å². The second kappa shape index (κ2) is 4.09. The number of sulfonamides is 1. The van der Waals surface area contributed by atoms with Crippen LogP contribution in [0.5, 0.6) is 0 Å². The van der Waals surface area contributed by atoms with Crippen LogP contribution in [0, 0.1) is 5.92 Å². The first-order chi connectivity index (χ1) is 6.82. The summed E-state index contributed by atoms with van der Waals surface area (Å²) < 4.78 is 27.0. The van der Waals surface area contributed by atoms with Crippen molar-refractivity contribution in [3.05, 3.63) is 6.20 Å². The third kappa shape index (κ3) is 3.12. The minimum absolute atomic E-state index is 0.0666. The average Bonchev–Trinajstić information content (AvgIpc) is 2.33. The Bertz CT molecular complexity index is 416. The molecule has 7 heteroatoms. The van der Waals surface area contributed by atoms with Crippen molar-refractivity contribution < 1.29 is 8.42 Å². The van der Waals surface area contributed by atoms with E-state index in [1.54, 1.807) is 7.05 Å². The highest BCUT2D eigenvalue weighted by Gasteiger charge is 2.16. The zero-order valence-corrected chi connectivity index (χ0v) is 9.87. The highest BCUT2D eigenvalue weighted by Crippen LogP contribution is 2.17. The summed E-state index contributed by atoms with van der Waals surface area (Å²) in [5.74, 6) is 0.449. The Morgan fingerprint density at radius 1 is 1.60 bits per heavy atom. The lowest BCUT2D eigenvalue weighted by Crippen LogP contribution is -2.22. The van der Waals surface area contributed by atoms with Gasteiger partial charge >= 0.3 is 0 Å². The molecule has 0 aliphatic heterocycles. The number of rotatable bonds is 4. The molecule has 0 aliphatic rings. The number of nitrogen functional groups attached to an aromatic ring is 1. The van der Waals surface area contributed by atoms with Crippen LogP contribution in [-0.4, -0.2) is 24.0 Å². The molecule has 0 saturated carbocycles. The number of aromatic nitrogens is 2. The average molecular weight is 232 g/mol. The number of nitrogens with zero attached hydrogens (tertiary/aromatic N) is 2. The van der Waals surface area contributed by atoms with Crippen molar-refractivity contribution in [2.24, 2.45) is 13.0 Å². The van der Waals surface area contributed by atoms with Crippen molar-refractivity contribution in [1.82, 2.24) is 9.78 Å². The predicted molar refractivity (Wildman–Crippen MR) is 59.9 cm³/mol. The van der Waals surface area contributed by atoms with E-state index in [-0.39, 0.29) is 11.7 Å². The lowest BCUT2D eigenvalue weighted by Gasteiger charge is -2.10. The van der Waals surface area contributed by atoms with Gasteiger partial charge in [0, 0.05) is 7.05 Å². The van der Waals surface area contributed by atoms with Crippen molar-refractivity contribution in [3.8, 4) is 0 Å². The van der Waals surface area contributed by atoms with E-state index in [0.29, 0.717) is 11.5 Å². The number of hydrogen-bond donors (Lipinski definition) is 2. The lowest BCUT2D eigenvalue weighted by atomic mass is 10.3. The van der Waals surface area contributed by atoms with Gasteiger partial charge in [-0.1, -0.05) is 13.8 Å². The molecule has 0 aliphatic carbocycles. The molecule has 0 saturated heterocycles. The Hall–Kier alpha value is -1.24. The fraction of sp³-hybridized carbons (Fsp3) is 0.625. The molecule has 1 heterocycles. The maximum Gasteiger partial charge on any atom is 0.234 e. The second-order valence-electron chi connectivity index (χ2n) is 3.85. The smallest absolute Gasteiger partial charge is 0.234 e. The summed E-state index contributed by atoms with van der Waals surface area (Å²) in [6, 6.07) is 0. The molecule has 0 radical (unpaired) electrons. The van der Waals surface area contributed by atoms with E-state index in [4.69, 9.17) is 5.73 Å². The molecule has 0 bridgehead atoms. The molecule has 6 nitrogen and oxygen atoms in total. The van der Waals surface area contributed by atoms with Gasteiger partial charge in [0.1, 0.15) is 0 Å². The Balaban J connectivity index is 2.87. The molecular weight excluding hydrogens is 216 g/mol. The fourth-order valence-electron chi connectivity index (χ4n) is 1.21. The zero-order valence-electron chi connectivity index (χ0n) is 9.06. The van der Waals surface area contributed by atoms with Crippen molar-refractivity contribution in [3.63, 3.8) is 0 Å². The molecule has 0 atom stereocenters. The zero-order chi connectivity index (χ0) is 11.6. The third-order valence-electron chi connectivity index (χ3n) is 1.77. The Labute approximate surface area is 89.5 Å². The number of hydrogen-bond acceptors (Lipinski definition) is 4. The van der Waals surface area contributed by atoms with E-state index in [2.05, 4.69) is 9.82 Å². The molecule has 0 amide bonds. The van der Waals surface area contributed by atoms with Crippen LogP contribution in [0.15, 0.2) is 6.20 Å². The van der Waals surface area contributed by atoms with Crippen molar-refractivity contribution in [2.45, 2.75) is 13.8 Å². The third-order valence-corrected chi connectivity index (χ3v) is 3.38. The molecule has 0 aromatic carbocycles. The Morgan fingerprint density at radius 3 is 2.60 bits per heavy atom. The lowest BCUT2D eigenvalue weighted by molar-refractivity contribution is 0.586. The summed E-state index contributed by atoms with van der Waals surface area (Å²) in [4.78, 5) is 0. The number of nitrogens with two attached hydrogens (primary N) is 1. The van der Waals surface area contributed by atoms with Gasteiger partial charge in [-0.2, -0.15) is 5.10 Å². The highest BCUT2D eigenvalue weighted by atomic mass is 32.2. The van der Waals surface area contributed by atoms with E-state index in [0.717, 1.165) is 0 Å². The molecule has 0 spiro atoms. The Morgan fingerprint density at radius 2 is 2.20 bits per heavy atom. The first-order valence-electron chi connectivity index (χ1n) is 4.60. The van der Waals surface area contributed by atoms with Crippen LogP contribution in [0.3, 0.4) is 0 Å². The van der Waals surface area contributed by atoms with Gasteiger partial charge in [-0.3, -0.25) is 9.40 Å². The molecule has 15 heavy (non-hydrogen) atoms. The van der Waals surface area contributed by atoms with E-state index < -0.39 is 10.0 Å². The maximum absolute atomic E-state index is 11.6. The number of anilines is 2. The molecular formula is C8H16N4O2S. The summed E-state index contributed by atoms with van der Waals surface area (Å²) in [6.07, 6.45) is 1.41. The largest absolute Gasteiger partial charge is 0.394 e. The summed E-state index contributed by atoms with van der Waals surface area (Å²) in [7, 11) is -1.71. The van der Waals surface area contributed by atoms with Crippen molar-refractivity contribution in [2.75, 3.05) is 16.2 Å². The highest BCUT2D eigenvalue weighted by molar-refractivity contribution is 7.92. The SMILES string of the molecule is CC(C)CS(=O)(=O)Nc1c(N)cnn1C. The Kier molecular flexibility index (Phi) is 3.23. The quantitative estimate of drug-likeness (QED) is 0.786. The maximum atomic E-state index is 11.6. The summed E-state index contributed by atoms with van der Waals surface area (Å²) in [5, 5.41) is 3.84. The molecule has 86 valence electrons. The van der Waals surface area contributed by atoms with Crippen LogP contribution in [0.2, 0.25) is 0 Å². The molecule has 1 aromatic rings. The van der Waals surface area contributed by atoms with Crippen molar-refractivity contribution >= 4 is 21.5 Å². The monoisotopic (exact) mass is 232 g/mol. The van der Waals surface area contributed by atoms with Gasteiger partial charge in [-0.25, -0.2) is 8.42 Å². The minimum Gasteiger partial charge on any atom is -0.394 e. The van der Waals surface area contributed by atoms with Gasteiger partial charge < -0.3 is 5.73 Å². The van der Waals surface area contributed by atoms with E-state index in [1.165, 1.54) is 10.9 Å². The van der Waals surface area contributed by atoms with Gasteiger partial charge in [0.15, 0.2) is 5.82 Å². The topological polar surface area (TPSA) is 90.0 Å². The van der Waals surface area contributed by atoms with E-state index >= 15 is 0 Å². The van der Waals surface area contributed by atoms with Gasteiger partial charge in [0.05, 0.1) is 17.6 Å². The van der Waals surface area contributed by atoms with E-state index in [9.17, 15) is 8.42 Å². The number of aryl methyl sites for hydroxylation is 1. The van der Waals surface area contributed by atoms with E-state index in [1.807, 2.05) is 13.8 Å². The van der Waals surface area contributed by atoms with Crippen LogP contribution in [-0.2, 0) is 17.1 Å².